The summed E-state index contributed by atoms with van der Waals surface area (Å²) in [5.41, 5.74) is 1.78. The first-order chi connectivity index (χ1) is 23.1. The first-order valence-electron chi connectivity index (χ1n) is 14.8. The Balaban J connectivity index is 1.57. The highest BCUT2D eigenvalue weighted by Crippen LogP contribution is 2.44. The Morgan fingerprint density at radius 3 is 1.44 bits per heavy atom. The number of rotatable bonds is 3. The van der Waals surface area contributed by atoms with Crippen LogP contribution in [0.15, 0.2) is 122 Å². The Labute approximate surface area is 268 Å². The van der Waals surface area contributed by atoms with Crippen LogP contribution in [0.3, 0.4) is 0 Å². The van der Waals surface area contributed by atoms with Gasteiger partial charge in [-0.05, 0) is 42.5 Å². The first kappa shape index (κ1) is 29.3. The van der Waals surface area contributed by atoms with Crippen molar-refractivity contribution in [2.45, 2.75) is 12.4 Å². The molecule has 0 aliphatic rings. The third kappa shape index (κ3) is 4.42. The lowest BCUT2D eigenvalue weighted by Gasteiger charge is -2.20. The summed E-state index contributed by atoms with van der Waals surface area (Å²) >= 11 is 0. The maximum atomic E-state index is 14.1. The van der Waals surface area contributed by atoms with Gasteiger partial charge in [-0.3, -0.25) is 4.98 Å². The molecule has 234 valence electrons. The van der Waals surface area contributed by atoms with E-state index < -0.39 is 23.5 Å². The van der Waals surface area contributed by atoms with Crippen LogP contribution in [0.25, 0.3) is 66.1 Å². The number of pyridine rings is 1. The van der Waals surface area contributed by atoms with Crippen LogP contribution in [0.1, 0.15) is 16.7 Å². The molecule has 0 atom stereocenters. The molecule has 0 saturated heterocycles. The van der Waals surface area contributed by atoms with E-state index in [0.717, 1.165) is 24.3 Å². The average molecular weight is 647 g/mol. The van der Waals surface area contributed by atoms with Crippen molar-refractivity contribution in [3.63, 3.8) is 0 Å². The van der Waals surface area contributed by atoms with Gasteiger partial charge >= 0.3 is 12.4 Å². The normalized spacial score (nSPS) is 12.4. The Hall–Kier alpha value is -6.08. The summed E-state index contributed by atoms with van der Waals surface area (Å²) < 4.78 is 87.8. The lowest BCUT2D eigenvalue weighted by atomic mass is 9.97. The number of fused-ring (bicyclic) bond motifs is 6. The predicted octanol–water partition coefficient (Wildman–Crippen LogP) is 10.9. The Kier molecular flexibility index (Phi) is 6.40. The molecule has 0 fully saturated rings. The third-order valence-electron chi connectivity index (χ3n) is 8.71. The molecule has 4 nitrogen and oxygen atoms in total. The molecule has 10 heteroatoms. The van der Waals surface area contributed by atoms with E-state index in [-0.39, 0.29) is 16.6 Å². The van der Waals surface area contributed by atoms with Gasteiger partial charge in [-0.1, -0.05) is 66.7 Å². The molecule has 5 aromatic carbocycles. The zero-order valence-electron chi connectivity index (χ0n) is 24.6. The van der Waals surface area contributed by atoms with Crippen LogP contribution in [0.4, 0.5) is 26.3 Å². The van der Waals surface area contributed by atoms with Crippen LogP contribution < -0.4 is 0 Å². The SMILES string of the molecule is N#Cc1ccccc1-c1c(-n2c3ccccc3c3ccc(C(F)(F)F)cc32)cncc1-n1c2ccccc2c2ccc(C(F)(F)F)cc21. The third-order valence-corrected chi connectivity index (χ3v) is 8.71. The van der Waals surface area contributed by atoms with Crippen molar-refractivity contribution < 1.29 is 26.3 Å². The molecule has 0 bridgehead atoms. The zero-order valence-corrected chi connectivity index (χ0v) is 24.6. The van der Waals surface area contributed by atoms with E-state index >= 15 is 0 Å². The van der Waals surface area contributed by atoms with Gasteiger partial charge in [0.15, 0.2) is 0 Å². The van der Waals surface area contributed by atoms with Crippen LogP contribution in [-0.4, -0.2) is 14.1 Å². The molecule has 3 heterocycles. The number of para-hydroxylation sites is 2. The van der Waals surface area contributed by atoms with E-state index in [1.165, 1.54) is 24.5 Å². The maximum Gasteiger partial charge on any atom is 0.416 e. The fraction of sp³-hybridized carbons (Fsp3) is 0.0526. The summed E-state index contributed by atoms with van der Waals surface area (Å²) in [4.78, 5) is 4.54. The molecule has 0 spiro atoms. The maximum absolute atomic E-state index is 14.1. The quantitative estimate of drug-likeness (QED) is 0.179. The number of aromatic nitrogens is 3. The van der Waals surface area contributed by atoms with Crippen LogP contribution >= 0.6 is 0 Å². The van der Waals surface area contributed by atoms with Crippen LogP contribution in [0.5, 0.6) is 0 Å². The minimum absolute atomic E-state index is 0.252. The van der Waals surface area contributed by atoms with E-state index in [1.54, 1.807) is 69.8 Å². The molecule has 0 saturated carbocycles. The smallest absolute Gasteiger partial charge is 0.307 e. The highest BCUT2D eigenvalue weighted by Gasteiger charge is 2.33. The molecule has 8 aromatic rings. The Bertz CT molecular complexity index is 2470. The van der Waals surface area contributed by atoms with Crippen LogP contribution in [0, 0.1) is 11.3 Å². The van der Waals surface area contributed by atoms with Gasteiger partial charge in [0.1, 0.15) is 0 Å². The molecule has 8 rings (SSSR count). The summed E-state index contributed by atoms with van der Waals surface area (Å²) in [7, 11) is 0. The fourth-order valence-corrected chi connectivity index (χ4v) is 6.67. The summed E-state index contributed by atoms with van der Waals surface area (Å²) in [5.74, 6) is 0. The second-order valence-electron chi connectivity index (χ2n) is 11.4. The summed E-state index contributed by atoms with van der Waals surface area (Å²) in [6.45, 7) is 0. The number of halogens is 6. The number of benzene rings is 5. The van der Waals surface area contributed by atoms with Gasteiger partial charge in [-0.2, -0.15) is 31.6 Å². The molecular weight excluding hydrogens is 626 g/mol. The number of hydrogen-bond acceptors (Lipinski definition) is 2. The van der Waals surface area contributed by atoms with Gasteiger partial charge in [0.25, 0.3) is 0 Å². The van der Waals surface area contributed by atoms with Gasteiger partial charge in [0, 0.05) is 32.7 Å². The summed E-state index contributed by atoms with van der Waals surface area (Å²) in [6, 6.07) is 30.4. The minimum atomic E-state index is -4.62. The Morgan fingerprint density at radius 1 is 0.521 bits per heavy atom. The highest BCUT2D eigenvalue weighted by molar-refractivity contribution is 6.12. The molecule has 0 amide bonds. The summed E-state index contributed by atoms with van der Waals surface area (Å²) in [6.07, 6.45) is -6.22. The molecule has 0 aliphatic carbocycles. The van der Waals surface area contributed by atoms with Crippen molar-refractivity contribution in [1.82, 2.24) is 14.1 Å². The molecule has 48 heavy (non-hydrogen) atoms. The van der Waals surface area contributed by atoms with Crippen molar-refractivity contribution in [3.8, 4) is 28.6 Å². The molecule has 0 N–H and O–H groups in total. The topological polar surface area (TPSA) is 46.5 Å². The molecular formula is C38H20F6N4. The lowest BCUT2D eigenvalue weighted by Crippen LogP contribution is -2.08. The predicted molar refractivity (Wildman–Crippen MR) is 173 cm³/mol. The number of nitriles is 1. The standard InChI is InChI=1S/C38H20F6N4/c39-37(40,41)23-13-15-28-26-9-3-5-11-30(26)47(32(28)17-23)34-20-46-21-35(36(34)25-8-2-1-7-22(25)19-45)48-31-12-6-4-10-27(31)29-16-14-24(18-33(29)48)38(42,43)44/h1-18,20-21H. The van der Waals surface area contributed by atoms with Crippen LogP contribution in [-0.2, 0) is 12.4 Å². The Morgan fingerprint density at radius 2 is 0.958 bits per heavy atom. The fourth-order valence-electron chi connectivity index (χ4n) is 6.67. The van der Waals surface area contributed by atoms with Crippen molar-refractivity contribution in [2.24, 2.45) is 0 Å². The molecule has 0 aliphatic heterocycles. The van der Waals surface area contributed by atoms with E-state index in [9.17, 15) is 31.6 Å². The monoisotopic (exact) mass is 646 g/mol. The van der Waals surface area contributed by atoms with Crippen molar-refractivity contribution in [1.29, 1.82) is 5.26 Å². The first-order valence-corrected chi connectivity index (χ1v) is 14.8. The van der Waals surface area contributed by atoms with Crippen molar-refractivity contribution in [2.75, 3.05) is 0 Å². The van der Waals surface area contributed by atoms with Crippen molar-refractivity contribution in [3.05, 3.63) is 138 Å². The van der Waals surface area contributed by atoms with Gasteiger partial charge in [0.2, 0.25) is 0 Å². The zero-order chi connectivity index (χ0) is 33.4. The molecule has 0 radical (unpaired) electrons. The number of alkyl halides is 6. The minimum Gasteiger partial charge on any atom is -0.307 e. The largest absolute Gasteiger partial charge is 0.416 e. The van der Waals surface area contributed by atoms with E-state index in [1.807, 2.05) is 12.1 Å². The second kappa shape index (κ2) is 10.5. The summed E-state index contributed by atoms with van der Waals surface area (Å²) in [5, 5.41) is 12.7. The molecule has 0 unspecified atom stereocenters. The highest BCUT2D eigenvalue weighted by atomic mass is 19.4. The van der Waals surface area contributed by atoms with Gasteiger partial charge < -0.3 is 9.13 Å². The lowest BCUT2D eigenvalue weighted by molar-refractivity contribution is -0.138. The van der Waals surface area contributed by atoms with Crippen molar-refractivity contribution >= 4 is 43.6 Å². The number of hydrogen-bond donors (Lipinski definition) is 0. The van der Waals surface area contributed by atoms with E-state index in [2.05, 4.69) is 11.1 Å². The molecule has 3 aromatic heterocycles. The number of nitrogens with zero attached hydrogens (tertiary/aromatic N) is 4. The van der Waals surface area contributed by atoms with Gasteiger partial charge in [-0.15, -0.1) is 0 Å². The van der Waals surface area contributed by atoms with Gasteiger partial charge in [-0.25, -0.2) is 0 Å². The average Bonchev–Trinajstić information content (AvgIpc) is 3.59. The van der Waals surface area contributed by atoms with E-state index in [0.29, 0.717) is 55.1 Å². The van der Waals surface area contributed by atoms with Crippen LogP contribution in [0.2, 0.25) is 0 Å². The van der Waals surface area contributed by atoms with E-state index in [4.69, 9.17) is 0 Å². The van der Waals surface area contributed by atoms with Gasteiger partial charge in [0.05, 0.1) is 68.6 Å². The second-order valence-corrected chi connectivity index (χ2v) is 11.4.